The number of anilines is 1. The molecule has 170 valence electrons. The van der Waals surface area contributed by atoms with Crippen molar-refractivity contribution in [2.45, 2.75) is 26.2 Å². The summed E-state index contributed by atoms with van der Waals surface area (Å²) in [6.45, 7) is 5.17. The third-order valence-corrected chi connectivity index (χ3v) is 4.44. The van der Waals surface area contributed by atoms with Gasteiger partial charge in [-0.1, -0.05) is 32.9 Å². The fourth-order valence-electron chi connectivity index (χ4n) is 2.66. The van der Waals surface area contributed by atoms with Gasteiger partial charge in [0.15, 0.2) is 6.61 Å². The lowest BCUT2D eigenvalue weighted by molar-refractivity contribution is -0.384. The summed E-state index contributed by atoms with van der Waals surface area (Å²) in [4.78, 5) is 46.2. The maximum Gasteiger partial charge on any atom is 0.325 e. The van der Waals surface area contributed by atoms with Crippen LogP contribution < -0.4 is 15.4 Å². The number of esters is 1. The summed E-state index contributed by atoms with van der Waals surface area (Å²) in [5, 5.41) is 15.7. The van der Waals surface area contributed by atoms with Gasteiger partial charge in [-0.15, -0.1) is 0 Å². The van der Waals surface area contributed by atoms with Crippen LogP contribution in [0.2, 0.25) is 0 Å². The summed E-state index contributed by atoms with van der Waals surface area (Å²) in [5.74, 6) is -1.82. The maximum absolute atomic E-state index is 12.2. The summed E-state index contributed by atoms with van der Waals surface area (Å²) in [5.41, 5.74) is 1.41. The van der Waals surface area contributed by atoms with Crippen LogP contribution in [0.5, 0.6) is 5.75 Å². The average molecular weight is 443 g/mol. The van der Waals surface area contributed by atoms with E-state index in [-0.39, 0.29) is 22.5 Å². The standard InChI is InChI=1S/C22H25N3O7/c1-22(2,3)15-7-5-14(6-8-15)21(28)23-12-20(27)32-13-19(26)24-17-10-9-16(25(29)30)11-18(17)31-4/h5-11H,12-13H2,1-4H3,(H,23,28)(H,24,26). The fourth-order valence-corrected chi connectivity index (χ4v) is 2.66. The monoisotopic (exact) mass is 443 g/mol. The number of hydrogen-bond donors (Lipinski definition) is 2. The Morgan fingerprint density at radius 3 is 2.28 bits per heavy atom. The number of nitrogens with one attached hydrogen (secondary N) is 2. The number of benzene rings is 2. The van der Waals surface area contributed by atoms with E-state index in [4.69, 9.17) is 9.47 Å². The number of nitro groups is 1. The van der Waals surface area contributed by atoms with Gasteiger partial charge in [0.2, 0.25) is 0 Å². The summed E-state index contributed by atoms with van der Waals surface area (Å²) in [7, 11) is 1.30. The molecule has 0 radical (unpaired) electrons. The number of nitro benzene ring substituents is 1. The number of rotatable bonds is 8. The molecule has 32 heavy (non-hydrogen) atoms. The van der Waals surface area contributed by atoms with E-state index in [2.05, 4.69) is 31.4 Å². The lowest BCUT2D eigenvalue weighted by atomic mass is 9.87. The Labute approximate surface area is 185 Å². The molecule has 0 saturated heterocycles. The molecule has 0 aliphatic rings. The molecule has 2 aromatic rings. The van der Waals surface area contributed by atoms with Crippen molar-refractivity contribution < 1.29 is 28.8 Å². The predicted molar refractivity (Wildman–Crippen MR) is 117 cm³/mol. The van der Waals surface area contributed by atoms with Crippen molar-refractivity contribution in [1.82, 2.24) is 5.32 Å². The van der Waals surface area contributed by atoms with Gasteiger partial charge in [-0.25, -0.2) is 0 Å². The first-order valence-corrected chi connectivity index (χ1v) is 9.68. The lowest BCUT2D eigenvalue weighted by Crippen LogP contribution is -2.32. The van der Waals surface area contributed by atoms with Gasteiger partial charge < -0.3 is 20.1 Å². The number of carbonyl (C=O) groups is 3. The molecule has 0 aromatic heterocycles. The van der Waals surface area contributed by atoms with Crippen molar-refractivity contribution in [1.29, 1.82) is 0 Å². The van der Waals surface area contributed by atoms with Crippen LogP contribution in [0.4, 0.5) is 11.4 Å². The van der Waals surface area contributed by atoms with Crippen molar-refractivity contribution >= 4 is 29.2 Å². The van der Waals surface area contributed by atoms with E-state index in [0.717, 1.165) is 11.6 Å². The average Bonchev–Trinajstić information content (AvgIpc) is 2.75. The highest BCUT2D eigenvalue weighted by Crippen LogP contribution is 2.28. The Morgan fingerprint density at radius 2 is 1.72 bits per heavy atom. The summed E-state index contributed by atoms with van der Waals surface area (Å²) in [6, 6.07) is 10.7. The summed E-state index contributed by atoms with van der Waals surface area (Å²) < 4.78 is 9.87. The van der Waals surface area contributed by atoms with Crippen LogP contribution in [0.15, 0.2) is 42.5 Å². The highest BCUT2D eigenvalue weighted by atomic mass is 16.6. The number of nitrogens with zero attached hydrogens (tertiary/aromatic N) is 1. The zero-order valence-corrected chi connectivity index (χ0v) is 18.3. The number of hydrogen-bond acceptors (Lipinski definition) is 7. The van der Waals surface area contributed by atoms with Crippen LogP contribution >= 0.6 is 0 Å². The van der Waals surface area contributed by atoms with Crippen LogP contribution in [0, 0.1) is 10.1 Å². The molecule has 2 N–H and O–H groups in total. The lowest BCUT2D eigenvalue weighted by Gasteiger charge is -2.19. The Balaban J connectivity index is 1.82. The van der Waals surface area contributed by atoms with Crippen LogP contribution in [0.25, 0.3) is 0 Å². The Kier molecular flexibility index (Phi) is 7.89. The zero-order valence-electron chi connectivity index (χ0n) is 18.3. The number of ether oxygens (including phenoxy) is 2. The highest BCUT2D eigenvalue weighted by Gasteiger charge is 2.16. The third-order valence-electron chi connectivity index (χ3n) is 4.44. The second-order valence-electron chi connectivity index (χ2n) is 7.86. The molecule has 0 bridgehead atoms. The number of carbonyl (C=O) groups excluding carboxylic acids is 3. The normalized spacial score (nSPS) is 10.8. The van der Waals surface area contributed by atoms with Gasteiger partial charge in [-0.2, -0.15) is 0 Å². The first kappa shape index (κ1) is 24.3. The van der Waals surface area contributed by atoms with Gasteiger partial charge in [-0.3, -0.25) is 24.5 Å². The van der Waals surface area contributed by atoms with Crippen LogP contribution in [0.3, 0.4) is 0 Å². The second kappa shape index (κ2) is 10.4. The van der Waals surface area contributed by atoms with Gasteiger partial charge in [0.1, 0.15) is 12.3 Å². The Bertz CT molecular complexity index is 1010. The minimum Gasteiger partial charge on any atom is -0.494 e. The molecule has 10 heteroatoms. The molecule has 2 aromatic carbocycles. The molecular formula is C22H25N3O7. The van der Waals surface area contributed by atoms with Crippen molar-refractivity contribution in [3.63, 3.8) is 0 Å². The maximum atomic E-state index is 12.2. The fraction of sp³-hybridized carbons (Fsp3) is 0.318. The Hall–Kier alpha value is -3.95. The number of methoxy groups -OCH3 is 1. The van der Waals surface area contributed by atoms with E-state index in [9.17, 15) is 24.5 Å². The highest BCUT2D eigenvalue weighted by molar-refractivity contribution is 5.97. The van der Waals surface area contributed by atoms with Gasteiger partial charge in [0, 0.05) is 11.6 Å². The minimum atomic E-state index is -0.796. The Morgan fingerprint density at radius 1 is 1.06 bits per heavy atom. The van der Waals surface area contributed by atoms with E-state index in [1.54, 1.807) is 12.1 Å². The quantitative estimate of drug-likeness (QED) is 0.364. The summed E-state index contributed by atoms with van der Waals surface area (Å²) in [6.07, 6.45) is 0. The number of non-ortho nitro benzene ring substituents is 1. The van der Waals surface area contributed by atoms with Gasteiger partial charge in [0.25, 0.3) is 17.5 Å². The van der Waals surface area contributed by atoms with Crippen molar-refractivity contribution in [3.8, 4) is 5.75 Å². The molecule has 0 saturated carbocycles. The van der Waals surface area contributed by atoms with Gasteiger partial charge in [0.05, 0.1) is 23.8 Å². The SMILES string of the molecule is COc1cc([N+](=O)[O-])ccc1NC(=O)COC(=O)CNC(=O)c1ccc(C(C)(C)C)cc1. The van der Waals surface area contributed by atoms with Crippen LogP contribution in [-0.4, -0.2) is 43.0 Å². The van der Waals surface area contributed by atoms with E-state index < -0.39 is 35.9 Å². The van der Waals surface area contributed by atoms with E-state index in [0.29, 0.717) is 5.56 Å². The molecule has 2 rings (SSSR count). The predicted octanol–water partition coefficient (Wildman–Crippen LogP) is 2.81. The molecule has 0 unspecified atom stereocenters. The molecule has 10 nitrogen and oxygen atoms in total. The van der Waals surface area contributed by atoms with Gasteiger partial charge >= 0.3 is 5.97 Å². The van der Waals surface area contributed by atoms with Crippen molar-refractivity contribution in [3.05, 3.63) is 63.7 Å². The van der Waals surface area contributed by atoms with E-state index >= 15 is 0 Å². The minimum absolute atomic E-state index is 0.0438. The van der Waals surface area contributed by atoms with Crippen LogP contribution in [0.1, 0.15) is 36.7 Å². The smallest absolute Gasteiger partial charge is 0.325 e. The van der Waals surface area contributed by atoms with Crippen LogP contribution in [-0.2, 0) is 19.7 Å². The molecule has 2 amide bonds. The van der Waals surface area contributed by atoms with Crippen molar-refractivity contribution in [2.75, 3.05) is 25.6 Å². The van der Waals surface area contributed by atoms with E-state index in [1.807, 2.05) is 12.1 Å². The summed E-state index contributed by atoms with van der Waals surface area (Å²) >= 11 is 0. The van der Waals surface area contributed by atoms with E-state index in [1.165, 1.54) is 19.2 Å². The third kappa shape index (κ3) is 6.79. The number of amides is 2. The molecule has 0 heterocycles. The second-order valence-corrected chi connectivity index (χ2v) is 7.86. The van der Waals surface area contributed by atoms with Crippen molar-refractivity contribution in [2.24, 2.45) is 0 Å². The molecule has 0 aliphatic carbocycles. The molecule has 0 spiro atoms. The first-order valence-electron chi connectivity index (χ1n) is 9.68. The van der Waals surface area contributed by atoms with Gasteiger partial charge in [-0.05, 0) is 29.2 Å². The molecule has 0 atom stereocenters. The molecule has 0 aliphatic heterocycles. The molecule has 0 fully saturated rings. The topological polar surface area (TPSA) is 137 Å². The largest absolute Gasteiger partial charge is 0.494 e. The zero-order chi connectivity index (χ0) is 23.9. The molecular weight excluding hydrogens is 418 g/mol. The first-order chi connectivity index (χ1) is 15.0.